The number of hydrogen-bond donors (Lipinski definition) is 1. The first kappa shape index (κ1) is 14.6. The van der Waals surface area contributed by atoms with Crippen molar-refractivity contribution in [2.24, 2.45) is 5.73 Å². The average Bonchev–Trinajstić information content (AvgIpc) is 2.24. The standard InChI is InChI=1S/C14H20N2OS/c1-9-5-10(2)7-12(6-9)14(17)16(4)11(3)8-13(15)18/h5-7,11H,8H2,1-4H3,(H2,15,18). The predicted octanol–water partition coefficient (Wildman–Crippen LogP) is 2.44. The third kappa shape index (κ3) is 3.81. The highest BCUT2D eigenvalue weighted by Crippen LogP contribution is 2.13. The number of rotatable bonds is 4. The van der Waals surface area contributed by atoms with Crippen LogP contribution in [0.1, 0.15) is 34.8 Å². The summed E-state index contributed by atoms with van der Waals surface area (Å²) < 4.78 is 0. The lowest BCUT2D eigenvalue weighted by Gasteiger charge is -2.25. The molecule has 0 bridgehead atoms. The zero-order valence-electron chi connectivity index (χ0n) is 11.4. The number of benzene rings is 1. The van der Waals surface area contributed by atoms with Gasteiger partial charge in [-0.15, -0.1) is 0 Å². The summed E-state index contributed by atoms with van der Waals surface area (Å²) in [5.74, 6) is 0.00514. The van der Waals surface area contributed by atoms with Crippen molar-refractivity contribution in [3.63, 3.8) is 0 Å². The lowest BCUT2D eigenvalue weighted by atomic mass is 10.1. The third-order valence-corrected chi connectivity index (χ3v) is 3.11. The molecule has 0 saturated heterocycles. The molecular weight excluding hydrogens is 244 g/mol. The van der Waals surface area contributed by atoms with Crippen molar-refractivity contribution in [1.82, 2.24) is 4.90 Å². The SMILES string of the molecule is Cc1cc(C)cc(C(=O)N(C)C(C)CC(N)=S)c1. The number of carbonyl (C=O) groups excluding carboxylic acids is 1. The van der Waals surface area contributed by atoms with Crippen LogP contribution in [0.25, 0.3) is 0 Å². The van der Waals surface area contributed by atoms with Crippen LogP contribution in [0.4, 0.5) is 0 Å². The fourth-order valence-electron chi connectivity index (χ4n) is 1.93. The average molecular weight is 264 g/mol. The predicted molar refractivity (Wildman–Crippen MR) is 78.9 cm³/mol. The van der Waals surface area contributed by atoms with E-state index in [9.17, 15) is 4.79 Å². The van der Waals surface area contributed by atoms with Crippen LogP contribution < -0.4 is 5.73 Å². The Kier molecular flexibility index (Phi) is 4.84. The second-order valence-electron chi connectivity index (χ2n) is 4.81. The molecule has 18 heavy (non-hydrogen) atoms. The molecule has 3 nitrogen and oxygen atoms in total. The second-order valence-corrected chi connectivity index (χ2v) is 5.34. The van der Waals surface area contributed by atoms with E-state index in [2.05, 4.69) is 6.07 Å². The Labute approximate surface area is 114 Å². The molecular formula is C14H20N2OS. The highest BCUT2D eigenvalue weighted by molar-refractivity contribution is 7.80. The molecule has 98 valence electrons. The Morgan fingerprint density at radius 2 is 1.83 bits per heavy atom. The van der Waals surface area contributed by atoms with Gasteiger partial charge >= 0.3 is 0 Å². The molecule has 0 radical (unpaired) electrons. The van der Waals surface area contributed by atoms with Gasteiger partial charge in [-0.25, -0.2) is 0 Å². The first-order chi connectivity index (χ1) is 8.31. The minimum absolute atomic E-state index is 0.00514. The first-order valence-electron chi connectivity index (χ1n) is 5.95. The van der Waals surface area contributed by atoms with Crippen LogP contribution in [-0.2, 0) is 0 Å². The van der Waals surface area contributed by atoms with Gasteiger partial charge in [-0.2, -0.15) is 0 Å². The molecule has 0 aromatic heterocycles. The molecule has 0 aliphatic carbocycles. The summed E-state index contributed by atoms with van der Waals surface area (Å²) in [6, 6.07) is 5.87. The van der Waals surface area contributed by atoms with E-state index < -0.39 is 0 Å². The Balaban J connectivity index is 2.89. The Bertz CT molecular complexity index is 451. The van der Waals surface area contributed by atoms with E-state index in [4.69, 9.17) is 18.0 Å². The van der Waals surface area contributed by atoms with Crippen molar-refractivity contribution in [2.45, 2.75) is 33.2 Å². The number of aryl methyl sites for hydroxylation is 2. The van der Waals surface area contributed by atoms with E-state index in [1.165, 1.54) is 0 Å². The van der Waals surface area contributed by atoms with Crippen molar-refractivity contribution in [3.05, 3.63) is 34.9 Å². The summed E-state index contributed by atoms with van der Waals surface area (Å²) in [6.45, 7) is 5.92. The highest BCUT2D eigenvalue weighted by atomic mass is 32.1. The van der Waals surface area contributed by atoms with Gasteiger partial charge in [-0.3, -0.25) is 4.79 Å². The summed E-state index contributed by atoms with van der Waals surface area (Å²) >= 11 is 4.88. The molecule has 4 heteroatoms. The molecule has 1 rings (SSSR count). The topological polar surface area (TPSA) is 46.3 Å². The van der Waals surface area contributed by atoms with Gasteiger partial charge in [0.15, 0.2) is 0 Å². The molecule has 1 aromatic rings. The summed E-state index contributed by atoms with van der Waals surface area (Å²) in [5.41, 5.74) is 8.41. The summed E-state index contributed by atoms with van der Waals surface area (Å²) in [7, 11) is 1.78. The molecule has 1 amide bonds. The first-order valence-corrected chi connectivity index (χ1v) is 6.36. The van der Waals surface area contributed by atoms with Crippen LogP contribution in [0.5, 0.6) is 0 Å². The third-order valence-electron chi connectivity index (χ3n) is 2.95. The van der Waals surface area contributed by atoms with Crippen LogP contribution in [-0.4, -0.2) is 28.9 Å². The molecule has 1 atom stereocenters. The lowest BCUT2D eigenvalue weighted by Crippen LogP contribution is -2.37. The van der Waals surface area contributed by atoms with E-state index >= 15 is 0 Å². The van der Waals surface area contributed by atoms with E-state index in [-0.39, 0.29) is 11.9 Å². The fourth-order valence-corrected chi connectivity index (χ4v) is 2.17. The summed E-state index contributed by atoms with van der Waals surface area (Å²) in [4.78, 5) is 14.4. The lowest BCUT2D eigenvalue weighted by molar-refractivity contribution is 0.0748. The smallest absolute Gasteiger partial charge is 0.253 e. The number of nitrogens with two attached hydrogens (primary N) is 1. The Hall–Kier alpha value is -1.42. The molecule has 0 aliphatic rings. The van der Waals surface area contributed by atoms with Crippen molar-refractivity contribution in [3.8, 4) is 0 Å². The van der Waals surface area contributed by atoms with Crippen LogP contribution >= 0.6 is 12.2 Å². The number of amides is 1. The fraction of sp³-hybridized carbons (Fsp3) is 0.429. The molecule has 0 fully saturated rings. The van der Waals surface area contributed by atoms with Crippen LogP contribution in [0.15, 0.2) is 18.2 Å². The molecule has 0 saturated carbocycles. The number of thiocarbonyl (C=S) groups is 1. The molecule has 0 aliphatic heterocycles. The van der Waals surface area contributed by atoms with E-state index in [1.807, 2.05) is 32.9 Å². The van der Waals surface area contributed by atoms with E-state index in [1.54, 1.807) is 11.9 Å². The Morgan fingerprint density at radius 3 is 2.28 bits per heavy atom. The maximum Gasteiger partial charge on any atom is 0.253 e. The number of nitrogens with zero attached hydrogens (tertiary/aromatic N) is 1. The molecule has 0 spiro atoms. The minimum Gasteiger partial charge on any atom is -0.393 e. The number of hydrogen-bond acceptors (Lipinski definition) is 2. The van der Waals surface area contributed by atoms with Crippen LogP contribution in [0.2, 0.25) is 0 Å². The van der Waals surface area contributed by atoms with Gasteiger partial charge in [0.25, 0.3) is 5.91 Å². The minimum atomic E-state index is 0.00514. The van der Waals surface area contributed by atoms with Crippen LogP contribution in [0.3, 0.4) is 0 Å². The largest absolute Gasteiger partial charge is 0.393 e. The van der Waals surface area contributed by atoms with Gasteiger partial charge in [0, 0.05) is 25.1 Å². The van der Waals surface area contributed by atoms with Gasteiger partial charge in [-0.05, 0) is 32.9 Å². The van der Waals surface area contributed by atoms with Crippen molar-refractivity contribution in [1.29, 1.82) is 0 Å². The maximum absolute atomic E-state index is 12.3. The monoisotopic (exact) mass is 264 g/mol. The molecule has 2 N–H and O–H groups in total. The van der Waals surface area contributed by atoms with Gasteiger partial charge in [0.2, 0.25) is 0 Å². The normalized spacial score (nSPS) is 12.0. The quantitative estimate of drug-likeness (QED) is 0.850. The van der Waals surface area contributed by atoms with Crippen LogP contribution in [0, 0.1) is 13.8 Å². The van der Waals surface area contributed by atoms with Crippen molar-refractivity contribution in [2.75, 3.05) is 7.05 Å². The number of carbonyl (C=O) groups is 1. The van der Waals surface area contributed by atoms with Crippen molar-refractivity contribution >= 4 is 23.1 Å². The zero-order valence-corrected chi connectivity index (χ0v) is 12.2. The van der Waals surface area contributed by atoms with Gasteiger partial charge in [0.05, 0.1) is 4.99 Å². The van der Waals surface area contributed by atoms with Crippen molar-refractivity contribution < 1.29 is 4.79 Å². The van der Waals surface area contributed by atoms with E-state index in [0.29, 0.717) is 17.0 Å². The van der Waals surface area contributed by atoms with Gasteiger partial charge in [-0.1, -0.05) is 29.4 Å². The Morgan fingerprint density at radius 1 is 1.33 bits per heavy atom. The van der Waals surface area contributed by atoms with Gasteiger partial charge < -0.3 is 10.6 Å². The molecule has 1 unspecified atom stereocenters. The second kappa shape index (κ2) is 5.96. The molecule has 0 heterocycles. The zero-order chi connectivity index (χ0) is 13.9. The summed E-state index contributed by atoms with van der Waals surface area (Å²) in [5, 5.41) is 0. The summed E-state index contributed by atoms with van der Waals surface area (Å²) in [6.07, 6.45) is 0.544. The maximum atomic E-state index is 12.3. The van der Waals surface area contributed by atoms with Gasteiger partial charge in [0.1, 0.15) is 0 Å². The van der Waals surface area contributed by atoms with E-state index in [0.717, 1.165) is 11.1 Å². The molecule has 1 aromatic carbocycles. The highest BCUT2D eigenvalue weighted by Gasteiger charge is 2.18.